The zero-order valence-electron chi connectivity index (χ0n) is 11.3. The highest BCUT2D eigenvalue weighted by atomic mass is 16.3. The molecule has 1 aromatic heterocycles. The van der Waals surface area contributed by atoms with Gasteiger partial charge in [-0.1, -0.05) is 0 Å². The molecule has 4 nitrogen and oxygen atoms in total. The number of aromatic amines is 1. The maximum Gasteiger partial charge on any atom is 0.108 e. The molecule has 0 amide bonds. The normalized spacial score (nSPS) is 41.7. The lowest BCUT2D eigenvalue weighted by Crippen LogP contribution is -2.44. The van der Waals surface area contributed by atoms with Gasteiger partial charge in [0.05, 0.1) is 11.9 Å². The van der Waals surface area contributed by atoms with Gasteiger partial charge < -0.3 is 10.8 Å². The molecule has 0 spiro atoms. The van der Waals surface area contributed by atoms with Crippen molar-refractivity contribution < 1.29 is 5.11 Å². The van der Waals surface area contributed by atoms with Crippen molar-refractivity contribution in [3.05, 3.63) is 17.5 Å². The summed E-state index contributed by atoms with van der Waals surface area (Å²) < 4.78 is 0. The maximum atomic E-state index is 10.1. The highest BCUT2D eigenvalue weighted by Crippen LogP contribution is 2.60. The van der Waals surface area contributed by atoms with E-state index >= 15 is 0 Å². The predicted octanol–water partition coefficient (Wildman–Crippen LogP) is 1.94. The molecule has 1 heterocycles. The minimum Gasteiger partial charge on any atom is -0.385 e. The number of H-pyrrole nitrogens is 1. The van der Waals surface area contributed by atoms with Gasteiger partial charge in [0.1, 0.15) is 6.10 Å². The SMILES string of the molecule is NCC(O)c1[nH]ncc1C1C2CC3CC(C2)CC1C3. The molecule has 4 saturated carbocycles. The van der Waals surface area contributed by atoms with E-state index in [9.17, 15) is 5.11 Å². The molecule has 0 radical (unpaired) electrons. The Morgan fingerprint density at radius 2 is 1.84 bits per heavy atom. The zero-order chi connectivity index (χ0) is 13.0. The van der Waals surface area contributed by atoms with E-state index in [0.717, 1.165) is 29.4 Å². The third-order valence-corrected chi connectivity index (χ3v) is 5.84. The van der Waals surface area contributed by atoms with Crippen LogP contribution in [-0.4, -0.2) is 21.8 Å². The van der Waals surface area contributed by atoms with Gasteiger partial charge in [0.2, 0.25) is 0 Å². The molecule has 1 unspecified atom stereocenters. The van der Waals surface area contributed by atoms with Crippen LogP contribution >= 0.6 is 0 Å². The van der Waals surface area contributed by atoms with Crippen LogP contribution in [0.3, 0.4) is 0 Å². The van der Waals surface area contributed by atoms with Gasteiger partial charge in [0.15, 0.2) is 0 Å². The maximum absolute atomic E-state index is 10.1. The molecule has 104 valence electrons. The molecular weight excluding hydrogens is 238 g/mol. The molecule has 4 N–H and O–H groups in total. The van der Waals surface area contributed by atoms with Crippen molar-refractivity contribution in [3.8, 4) is 0 Å². The zero-order valence-corrected chi connectivity index (χ0v) is 11.3. The molecule has 0 aromatic carbocycles. The fourth-order valence-corrected chi connectivity index (χ4v) is 5.39. The third kappa shape index (κ3) is 1.77. The molecule has 1 aromatic rings. The van der Waals surface area contributed by atoms with E-state index < -0.39 is 6.10 Å². The fourth-order valence-electron chi connectivity index (χ4n) is 5.39. The summed E-state index contributed by atoms with van der Waals surface area (Å²) in [5.74, 6) is 4.21. The van der Waals surface area contributed by atoms with Crippen LogP contribution in [0.25, 0.3) is 0 Å². The Bertz CT molecular complexity index is 442. The first-order valence-corrected chi connectivity index (χ1v) is 7.67. The molecule has 1 atom stereocenters. The first-order valence-electron chi connectivity index (χ1n) is 7.67. The Morgan fingerprint density at radius 3 is 2.42 bits per heavy atom. The second kappa shape index (κ2) is 4.32. The Labute approximate surface area is 113 Å². The molecule has 19 heavy (non-hydrogen) atoms. The summed E-state index contributed by atoms with van der Waals surface area (Å²) >= 11 is 0. The van der Waals surface area contributed by atoms with Gasteiger partial charge in [-0.3, -0.25) is 5.10 Å². The number of hydrogen-bond donors (Lipinski definition) is 3. The van der Waals surface area contributed by atoms with Crippen LogP contribution in [-0.2, 0) is 0 Å². The molecule has 0 aliphatic heterocycles. The van der Waals surface area contributed by atoms with E-state index in [2.05, 4.69) is 10.2 Å². The number of rotatable bonds is 3. The van der Waals surface area contributed by atoms with E-state index in [0.29, 0.717) is 5.92 Å². The summed E-state index contributed by atoms with van der Waals surface area (Å²) in [5, 5.41) is 17.2. The highest BCUT2D eigenvalue weighted by molar-refractivity contribution is 5.27. The van der Waals surface area contributed by atoms with Crippen LogP contribution in [0.15, 0.2) is 6.20 Å². The van der Waals surface area contributed by atoms with E-state index in [1.54, 1.807) is 0 Å². The lowest BCUT2D eigenvalue weighted by atomic mass is 9.50. The van der Waals surface area contributed by atoms with Gasteiger partial charge >= 0.3 is 0 Å². The Balaban J connectivity index is 1.67. The van der Waals surface area contributed by atoms with Crippen LogP contribution in [0.4, 0.5) is 0 Å². The summed E-state index contributed by atoms with van der Waals surface area (Å²) in [5.41, 5.74) is 7.74. The molecule has 5 rings (SSSR count). The smallest absolute Gasteiger partial charge is 0.108 e. The minimum atomic E-state index is -0.588. The van der Waals surface area contributed by atoms with E-state index in [4.69, 9.17) is 5.73 Å². The molecule has 4 heteroatoms. The van der Waals surface area contributed by atoms with E-state index in [-0.39, 0.29) is 6.54 Å². The standard InChI is InChI=1S/C15H23N3O/c16-6-13(19)15-12(7-17-18-15)14-10-2-8-1-9(4-10)5-11(14)3-8/h7-11,13-14,19H,1-6,16H2,(H,17,18). The Kier molecular flexibility index (Phi) is 2.71. The average molecular weight is 261 g/mol. The summed E-state index contributed by atoms with van der Waals surface area (Å²) in [6.45, 7) is 0.266. The third-order valence-electron chi connectivity index (χ3n) is 5.84. The van der Waals surface area contributed by atoms with Crippen LogP contribution in [0.5, 0.6) is 0 Å². The average Bonchev–Trinajstić information content (AvgIpc) is 2.85. The number of nitrogens with zero attached hydrogens (tertiary/aromatic N) is 1. The Hall–Kier alpha value is -0.870. The van der Waals surface area contributed by atoms with E-state index in [1.165, 1.54) is 37.7 Å². The van der Waals surface area contributed by atoms with Gasteiger partial charge in [-0.15, -0.1) is 0 Å². The number of hydrogen-bond acceptors (Lipinski definition) is 3. The van der Waals surface area contributed by atoms with Gasteiger partial charge in [0.25, 0.3) is 0 Å². The number of aliphatic hydroxyl groups is 1. The molecule has 0 saturated heterocycles. The van der Waals surface area contributed by atoms with E-state index in [1.807, 2.05) is 6.20 Å². The van der Waals surface area contributed by atoms with Crippen LogP contribution in [0, 0.1) is 23.7 Å². The summed E-state index contributed by atoms with van der Waals surface area (Å²) in [6, 6.07) is 0. The quantitative estimate of drug-likeness (QED) is 0.778. The highest BCUT2D eigenvalue weighted by Gasteiger charge is 2.49. The fraction of sp³-hybridized carbons (Fsp3) is 0.800. The van der Waals surface area contributed by atoms with Gasteiger partial charge in [-0.05, 0) is 67.3 Å². The number of aromatic nitrogens is 2. The molecular formula is C15H23N3O. The summed E-state index contributed by atoms with van der Waals surface area (Å²) in [7, 11) is 0. The summed E-state index contributed by atoms with van der Waals surface area (Å²) in [6.07, 6.45) is 8.39. The lowest BCUT2D eigenvalue weighted by Gasteiger charge is -2.54. The largest absolute Gasteiger partial charge is 0.385 e. The van der Waals surface area contributed by atoms with Crippen molar-refractivity contribution in [2.45, 2.75) is 44.1 Å². The van der Waals surface area contributed by atoms with Crippen molar-refractivity contribution in [1.82, 2.24) is 10.2 Å². The number of aliphatic hydroxyl groups excluding tert-OH is 1. The summed E-state index contributed by atoms with van der Waals surface area (Å²) in [4.78, 5) is 0. The molecule has 4 bridgehead atoms. The lowest BCUT2D eigenvalue weighted by molar-refractivity contribution is -0.00371. The van der Waals surface area contributed by atoms with Crippen molar-refractivity contribution in [2.75, 3.05) is 6.54 Å². The van der Waals surface area contributed by atoms with Crippen molar-refractivity contribution >= 4 is 0 Å². The van der Waals surface area contributed by atoms with Gasteiger partial charge in [-0.2, -0.15) is 5.10 Å². The van der Waals surface area contributed by atoms with Crippen LogP contribution < -0.4 is 5.73 Å². The minimum absolute atomic E-state index is 0.266. The van der Waals surface area contributed by atoms with Crippen molar-refractivity contribution in [2.24, 2.45) is 29.4 Å². The second-order valence-corrected chi connectivity index (χ2v) is 6.95. The Morgan fingerprint density at radius 1 is 1.21 bits per heavy atom. The van der Waals surface area contributed by atoms with Crippen LogP contribution in [0.1, 0.15) is 55.4 Å². The molecule has 4 aliphatic rings. The molecule has 4 fully saturated rings. The predicted molar refractivity (Wildman–Crippen MR) is 72.4 cm³/mol. The monoisotopic (exact) mass is 261 g/mol. The second-order valence-electron chi connectivity index (χ2n) is 6.95. The number of nitrogens with one attached hydrogen (secondary N) is 1. The van der Waals surface area contributed by atoms with Crippen LogP contribution in [0.2, 0.25) is 0 Å². The van der Waals surface area contributed by atoms with Crippen molar-refractivity contribution in [1.29, 1.82) is 0 Å². The first-order chi connectivity index (χ1) is 9.26. The number of nitrogens with two attached hydrogens (primary N) is 1. The molecule has 4 aliphatic carbocycles. The topological polar surface area (TPSA) is 74.9 Å². The first kappa shape index (κ1) is 11.9. The van der Waals surface area contributed by atoms with Gasteiger partial charge in [0, 0.05) is 6.54 Å². The van der Waals surface area contributed by atoms with Crippen molar-refractivity contribution in [3.63, 3.8) is 0 Å². The van der Waals surface area contributed by atoms with Gasteiger partial charge in [-0.25, -0.2) is 0 Å².